The molecule has 2 N–H and O–H groups in total. The number of rotatable bonds is 8. The molecule has 0 aromatic rings. The maximum atomic E-state index is 9.19. The lowest BCUT2D eigenvalue weighted by Gasteiger charge is -2.41. The third kappa shape index (κ3) is 6.84. The largest absolute Gasteiger partial charge is 0.251 e. The summed E-state index contributed by atoms with van der Waals surface area (Å²) >= 11 is 0. The molecule has 1 unspecified atom stereocenters. The highest BCUT2D eigenvalue weighted by Crippen LogP contribution is 2.44. The third-order valence-electron chi connectivity index (χ3n) is 3.38. The van der Waals surface area contributed by atoms with E-state index in [0.717, 1.165) is 12.8 Å². The van der Waals surface area contributed by atoms with Crippen LogP contribution in [0.25, 0.3) is 0 Å². The molecule has 0 spiro atoms. The van der Waals surface area contributed by atoms with Crippen molar-refractivity contribution in [2.45, 2.75) is 67.4 Å². The highest BCUT2D eigenvalue weighted by atomic mass is 17.1. The molecule has 0 bridgehead atoms. The van der Waals surface area contributed by atoms with Crippen LogP contribution in [0, 0.1) is 16.2 Å². The Morgan fingerprint density at radius 2 is 1.50 bits per heavy atom. The fourth-order valence-electron chi connectivity index (χ4n) is 3.75. The average molecular weight is 288 g/mol. The van der Waals surface area contributed by atoms with Crippen LogP contribution < -0.4 is 0 Å². The molecule has 0 aromatic carbocycles. The molecule has 0 heterocycles. The minimum atomic E-state index is -0.575. The second-order valence-corrected chi connectivity index (χ2v) is 8.48. The Labute approximate surface area is 123 Å². The van der Waals surface area contributed by atoms with Gasteiger partial charge in [-0.05, 0) is 34.7 Å². The van der Waals surface area contributed by atoms with E-state index in [1.165, 1.54) is 0 Å². The lowest BCUT2D eigenvalue weighted by Crippen LogP contribution is -2.38. The van der Waals surface area contributed by atoms with Crippen molar-refractivity contribution in [3.8, 4) is 0 Å². The van der Waals surface area contributed by atoms with Gasteiger partial charge >= 0.3 is 0 Å². The van der Waals surface area contributed by atoms with Crippen LogP contribution in [-0.2, 0) is 9.78 Å². The van der Waals surface area contributed by atoms with E-state index < -0.39 is 6.10 Å². The zero-order valence-corrected chi connectivity index (χ0v) is 14.1. The van der Waals surface area contributed by atoms with E-state index in [0.29, 0.717) is 5.57 Å². The van der Waals surface area contributed by atoms with Gasteiger partial charge in [-0.2, -0.15) is 0 Å². The molecular formula is C16H32O4. The molecule has 0 aromatic heterocycles. The Hall–Kier alpha value is -0.420. The molecule has 120 valence electrons. The summed E-state index contributed by atoms with van der Waals surface area (Å²) in [6.07, 6.45) is 1.34. The summed E-state index contributed by atoms with van der Waals surface area (Å²) < 4.78 is 0. The fourth-order valence-corrected chi connectivity index (χ4v) is 3.75. The van der Waals surface area contributed by atoms with E-state index in [9.17, 15) is 5.26 Å². The van der Waals surface area contributed by atoms with Crippen LogP contribution in [0.3, 0.4) is 0 Å². The molecule has 4 heteroatoms. The maximum Gasteiger partial charge on any atom is 0.121 e. The molecule has 1 atom stereocenters. The predicted molar refractivity (Wildman–Crippen MR) is 81.5 cm³/mol. The van der Waals surface area contributed by atoms with Gasteiger partial charge in [-0.3, -0.25) is 10.5 Å². The zero-order valence-electron chi connectivity index (χ0n) is 14.1. The van der Waals surface area contributed by atoms with Gasteiger partial charge in [0.15, 0.2) is 0 Å². The van der Waals surface area contributed by atoms with E-state index in [1.807, 2.05) is 13.8 Å². The number of hydrogen-bond acceptors (Lipinski definition) is 4. The van der Waals surface area contributed by atoms with Crippen molar-refractivity contribution in [1.82, 2.24) is 0 Å². The molecule has 0 saturated carbocycles. The molecular weight excluding hydrogens is 256 g/mol. The predicted octanol–water partition coefficient (Wildman–Crippen LogP) is 4.77. The molecule has 20 heavy (non-hydrogen) atoms. The summed E-state index contributed by atoms with van der Waals surface area (Å²) in [4.78, 5) is 8.72. The Bertz CT molecular complexity index is 313. The molecule has 0 fully saturated rings. The van der Waals surface area contributed by atoms with Gasteiger partial charge in [-0.25, -0.2) is 9.78 Å². The summed E-state index contributed by atoms with van der Waals surface area (Å²) in [5.41, 5.74) is 0.532. The van der Waals surface area contributed by atoms with Crippen LogP contribution in [0.4, 0.5) is 0 Å². The Balaban J connectivity index is 4.97. The van der Waals surface area contributed by atoms with Crippen LogP contribution in [0.5, 0.6) is 0 Å². The summed E-state index contributed by atoms with van der Waals surface area (Å²) in [5, 5.41) is 17.7. The minimum absolute atomic E-state index is 0.0473. The smallest absolute Gasteiger partial charge is 0.121 e. The Kier molecular flexibility index (Phi) is 6.88. The monoisotopic (exact) mass is 288 g/mol. The Morgan fingerprint density at radius 3 is 1.85 bits per heavy atom. The van der Waals surface area contributed by atoms with Gasteiger partial charge in [0.1, 0.15) is 12.7 Å². The van der Waals surface area contributed by atoms with E-state index in [4.69, 9.17) is 5.26 Å². The van der Waals surface area contributed by atoms with Crippen molar-refractivity contribution in [2.75, 3.05) is 6.61 Å². The van der Waals surface area contributed by atoms with Crippen LogP contribution in [0.1, 0.15) is 61.3 Å². The van der Waals surface area contributed by atoms with Gasteiger partial charge in [0.2, 0.25) is 0 Å². The molecule has 0 aliphatic rings. The van der Waals surface area contributed by atoms with Gasteiger partial charge in [0, 0.05) is 0 Å². The van der Waals surface area contributed by atoms with Crippen molar-refractivity contribution in [3.63, 3.8) is 0 Å². The lowest BCUT2D eigenvalue weighted by molar-refractivity contribution is -0.299. The van der Waals surface area contributed by atoms with Crippen LogP contribution in [0.15, 0.2) is 12.2 Å². The highest BCUT2D eigenvalue weighted by Gasteiger charge is 2.39. The maximum absolute atomic E-state index is 9.19. The van der Waals surface area contributed by atoms with Crippen molar-refractivity contribution in [1.29, 1.82) is 0 Å². The first kappa shape index (κ1) is 19.6. The fraction of sp³-hybridized carbons (Fsp3) is 0.875. The van der Waals surface area contributed by atoms with Crippen molar-refractivity contribution >= 4 is 0 Å². The van der Waals surface area contributed by atoms with E-state index in [-0.39, 0.29) is 22.9 Å². The first-order chi connectivity index (χ1) is 8.84. The van der Waals surface area contributed by atoms with Crippen molar-refractivity contribution in [3.05, 3.63) is 12.2 Å². The van der Waals surface area contributed by atoms with Gasteiger partial charge in [-0.15, -0.1) is 0 Å². The summed E-state index contributed by atoms with van der Waals surface area (Å²) in [5.74, 6) is 0. The molecule has 0 amide bonds. The zero-order chi connectivity index (χ0) is 16.2. The van der Waals surface area contributed by atoms with E-state index >= 15 is 0 Å². The second-order valence-electron chi connectivity index (χ2n) is 8.48. The van der Waals surface area contributed by atoms with Gasteiger partial charge in [-0.1, -0.05) is 55.0 Å². The lowest BCUT2D eigenvalue weighted by atomic mass is 9.66. The van der Waals surface area contributed by atoms with Crippen LogP contribution >= 0.6 is 0 Å². The van der Waals surface area contributed by atoms with Gasteiger partial charge in [0.25, 0.3) is 0 Å². The molecule has 4 nitrogen and oxygen atoms in total. The standard InChI is InChI=1S/C16H32O4/c1-12(9-19-17)13(20-18)16(7,8)11-15(5,6)10-14(2,3)4/h13,17-18H,1,9-11H2,2-8H3. The van der Waals surface area contributed by atoms with Crippen LogP contribution in [-0.4, -0.2) is 23.2 Å². The van der Waals surface area contributed by atoms with Gasteiger partial charge < -0.3 is 0 Å². The normalized spacial score (nSPS) is 15.2. The minimum Gasteiger partial charge on any atom is -0.251 e. The summed E-state index contributed by atoms with van der Waals surface area (Å²) in [6, 6.07) is 0. The molecule has 0 rings (SSSR count). The van der Waals surface area contributed by atoms with Gasteiger partial charge in [0.05, 0.1) is 0 Å². The van der Waals surface area contributed by atoms with E-state index in [1.54, 1.807) is 0 Å². The molecule has 0 aliphatic heterocycles. The average Bonchev–Trinajstić information content (AvgIpc) is 2.11. The molecule has 0 radical (unpaired) electrons. The SMILES string of the molecule is C=C(COO)C(OO)C(C)(C)CC(C)(C)CC(C)(C)C. The first-order valence-corrected chi connectivity index (χ1v) is 7.09. The quantitative estimate of drug-likeness (QED) is 0.384. The molecule has 0 saturated heterocycles. The summed E-state index contributed by atoms with van der Waals surface area (Å²) in [7, 11) is 0. The highest BCUT2D eigenvalue weighted by molar-refractivity contribution is 5.08. The Morgan fingerprint density at radius 1 is 1.00 bits per heavy atom. The summed E-state index contributed by atoms with van der Waals surface area (Å²) in [6.45, 7) is 18.9. The first-order valence-electron chi connectivity index (χ1n) is 7.09. The number of hydrogen-bond donors (Lipinski definition) is 2. The third-order valence-corrected chi connectivity index (χ3v) is 3.38. The van der Waals surface area contributed by atoms with E-state index in [2.05, 4.69) is 51.0 Å². The van der Waals surface area contributed by atoms with Crippen molar-refractivity contribution < 1.29 is 20.3 Å². The molecule has 0 aliphatic carbocycles. The van der Waals surface area contributed by atoms with Crippen LogP contribution in [0.2, 0.25) is 0 Å². The second kappa shape index (κ2) is 7.03. The van der Waals surface area contributed by atoms with Crippen molar-refractivity contribution in [2.24, 2.45) is 16.2 Å². The topological polar surface area (TPSA) is 58.9 Å².